The molecule has 0 aliphatic heterocycles. The molecule has 4 aromatic rings. The molecule has 0 radical (unpaired) electrons. The van der Waals surface area contributed by atoms with E-state index in [0.717, 1.165) is 21.2 Å². The lowest BCUT2D eigenvalue weighted by atomic mass is 10.2. The van der Waals surface area contributed by atoms with Crippen LogP contribution in [-0.2, 0) is 14.8 Å². The van der Waals surface area contributed by atoms with Crippen LogP contribution in [0.2, 0.25) is 10.0 Å². The Hall–Kier alpha value is -3.18. The molecule has 0 saturated heterocycles. The number of nitrogens with zero attached hydrogens (tertiary/aromatic N) is 3. The van der Waals surface area contributed by atoms with Gasteiger partial charge in [0.1, 0.15) is 17.3 Å². The van der Waals surface area contributed by atoms with Crippen LogP contribution in [0.3, 0.4) is 0 Å². The fourth-order valence-electron chi connectivity index (χ4n) is 3.12. The van der Waals surface area contributed by atoms with Crippen LogP contribution in [0.25, 0.3) is 10.6 Å². The van der Waals surface area contributed by atoms with Gasteiger partial charge in [-0.05, 0) is 48.5 Å². The van der Waals surface area contributed by atoms with E-state index in [9.17, 15) is 13.2 Å². The molecule has 0 fully saturated rings. The maximum Gasteiger partial charge on any atom is 0.264 e. The summed E-state index contributed by atoms with van der Waals surface area (Å²) in [4.78, 5) is 12.9. The van der Waals surface area contributed by atoms with Crippen LogP contribution in [0.4, 0.5) is 10.8 Å². The predicted molar refractivity (Wildman–Crippen MR) is 138 cm³/mol. The zero-order valence-corrected chi connectivity index (χ0v) is 21.3. The Labute approximate surface area is 216 Å². The van der Waals surface area contributed by atoms with Gasteiger partial charge in [0.05, 0.1) is 27.7 Å². The molecule has 4 rings (SSSR count). The normalized spacial score (nSPS) is 11.2. The average Bonchev–Trinajstić information content (AvgIpc) is 3.33. The minimum absolute atomic E-state index is 0.00143. The summed E-state index contributed by atoms with van der Waals surface area (Å²) in [6.07, 6.45) is 0. The van der Waals surface area contributed by atoms with Crippen molar-refractivity contribution >= 4 is 61.3 Å². The number of carbonyl (C=O) groups is 1. The lowest BCUT2D eigenvalue weighted by molar-refractivity contribution is -0.114. The molecular weight excluding hydrogens is 531 g/mol. The van der Waals surface area contributed by atoms with Gasteiger partial charge >= 0.3 is 0 Å². The maximum absolute atomic E-state index is 13.4. The molecule has 3 aromatic carbocycles. The van der Waals surface area contributed by atoms with Crippen LogP contribution >= 0.6 is 34.5 Å². The number of carbonyl (C=O) groups excluding carboxylic acids is 1. The van der Waals surface area contributed by atoms with E-state index in [0.29, 0.717) is 10.8 Å². The van der Waals surface area contributed by atoms with Crippen LogP contribution < -0.4 is 14.4 Å². The van der Waals surface area contributed by atoms with E-state index in [4.69, 9.17) is 27.9 Å². The number of aromatic nitrogens is 2. The second kappa shape index (κ2) is 10.6. The van der Waals surface area contributed by atoms with Gasteiger partial charge in [-0.1, -0.05) is 58.8 Å². The van der Waals surface area contributed by atoms with Crippen LogP contribution in [0, 0.1) is 0 Å². The third-order valence-electron chi connectivity index (χ3n) is 4.83. The first kappa shape index (κ1) is 24.9. The molecule has 35 heavy (non-hydrogen) atoms. The average molecular weight is 549 g/mol. The third-order valence-corrected chi connectivity index (χ3v) is 8.30. The number of hydrogen-bond donors (Lipinski definition) is 1. The molecule has 0 saturated carbocycles. The Morgan fingerprint density at radius 1 is 1.00 bits per heavy atom. The van der Waals surface area contributed by atoms with Gasteiger partial charge < -0.3 is 4.74 Å². The number of amides is 1. The Balaban J connectivity index is 1.59. The van der Waals surface area contributed by atoms with Crippen LogP contribution in [0.5, 0.6) is 5.75 Å². The van der Waals surface area contributed by atoms with Crippen molar-refractivity contribution in [1.29, 1.82) is 0 Å². The van der Waals surface area contributed by atoms with E-state index in [1.165, 1.54) is 24.3 Å². The highest BCUT2D eigenvalue weighted by molar-refractivity contribution is 7.92. The Kier molecular flexibility index (Phi) is 7.56. The number of nitrogens with one attached hydrogen (secondary N) is 1. The summed E-state index contributed by atoms with van der Waals surface area (Å²) in [6, 6.07) is 19.5. The summed E-state index contributed by atoms with van der Waals surface area (Å²) >= 11 is 13.6. The molecule has 1 heterocycles. The first-order chi connectivity index (χ1) is 16.8. The minimum atomic E-state index is -4.14. The van der Waals surface area contributed by atoms with E-state index in [1.807, 2.05) is 12.1 Å². The molecular formula is C23H18Cl2N4O4S2. The SMILES string of the molecule is COc1ccc(-c2nnc(NC(=O)CN(c3cccc(Cl)c3Cl)S(=O)(=O)c3ccccc3)s2)cc1. The monoisotopic (exact) mass is 548 g/mol. The number of hydrogen-bond acceptors (Lipinski definition) is 7. The van der Waals surface area contributed by atoms with Crippen LogP contribution in [0.15, 0.2) is 77.7 Å². The summed E-state index contributed by atoms with van der Waals surface area (Å²) in [7, 11) is -2.57. The fourth-order valence-corrected chi connectivity index (χ4v) is 5.78. The van der Waals surface area contributed by atoms with Crippen molar-refractivity contribution in [3.63, 3.8) is 0 Å². The number of rotatable bonds is 8. The second-order valence-corrected chi connectivity index (χ2v) is 10.7. The number of ether oxygens (including phenoxy) is 1. The van der Waals surface area contributed by atoms with Crippen molar-refractivity contribution in [3.05, 3.63) is 82.8 Å². The second-order valence-electron chi connectivity index (χ2n) is 7.09. The highest BCUT2D eigenvalue weighted by atomic mass is 35.5. The minimum Gasteiger partial charge on any atom is -0.497 e. The van der Waals surface area contributed by atoms with Crippen LogP contribution in [0.1, 0.15) is 0 Å². The van der Waals surface area contributed by atoms with Gasteiger partial charge in [-0.25, -0.2) is 8.42 Å². The summed E-state index contributed by atoms with van der Waals surface area (Å²) in [5.74, 6) is 0.0733. The largest absolute Gasteiger partial charge is 0.497 e. The summed E-state index contributed by atoms with van der Waals surface area (Å²) < 4.78 is 32.9. The molecule has 1 amide bonds. The van der Waals surface area contributed by atoms with Gasteiger partial charge in [-0.2, -0.15) is 0 Å². The van der Waals surface area contributed by atoms with Crippen molar-refractivity contribution in [1.82, 2.24) is 10.2 Å². The number of methoxy groups -OCH3 is 1. The van der Waals surface area contributed by atoms with E-state index in [2.05, 4.69) is 15.5 Å². The summed E-state index contributed by atoms with van der Waals surface area (Å²) in [5, 5.41) is 11.7. The molecule has 0 unspecified atom stereocenters. The zero-order valence-electron chi connectivity index (χ0n) is 18.2. The molecule has 12 heteroatoms. The van der Waals surface area contributed by atoms with Gasteiger partial charge in [0.25, 0.3) is 10.0 Å². The van der Waals surface area contributed by atoms with E-state index >= 15 is 0 Å². The standard InChI is InChI=1S/C23H18Cl2N4O4S2/c1-33-16-12-10-15(11-13-16)22-27-28-23(34-22)26-20(30)14-29(19-9-5-8-18(24)21(19)25)35(31,32)17-6-3-2-4-7-17/h2-13H,14H2,1H3,(H,26,28,30). The third kappa shape index (κ3) is 5.57. The molecule has 180 valence electrons. The van der Waals surface area contributed by atoms with Gasteiger partial charge in [-0.15, -0.1) is 10.2 Å². The van der Waals surface area contributed by atoms with E-state index < -0.39 is 22.5 Å². The topological polar surface area (TPSA) is 101 Å². The fraction of sp³-hybridized carbons (Fsp3) is 0.0870. The molecule has 0 bridgehead atoms. The van der Waals surface area contributed by atoms with Crippen LogP contribution in [-0.4, -0.2) is 38.2 Å². The molecule has 0 aliphatic rings. The van der Waals surface area contributed by atoms with Gasteiger partial charge in [0, 0.05) is 5.56 Å². The van der Waals surface area contributed by atoms with Gasteiger partial charge in [-0.3, -0.25) is 14.4 Å². The Morgan fingerprint density at radius 3 is 2.40 bits per heavy atom. The zero-order chi connectivity index (χ0) is 25.0. The number of benzene rings is 3. The smallest absolute Gasteiger partial charge is 0.264 e. The molecule has 0 atom stereocenters. The number of anilines is 2. The molecule has 8 nitrogen and oxygen atoms in total. The predicted octanol–water partition coefficient (Wildman–Crippen LogP) is 5.35. The van der Waals surface area contributed by atoms with Crippen molar-refractivity contribution in [2.45, 2.75) is 4.90 Å². The van der Waals surface area contributed by atoms with Crippen molar-refractivity contribution in [2.24, 2.45) is 0 Å². The highest BCUT2D eigenvalue weighted by Gasteiger charge is 2.29. The molecule has 0 aliphatic carbocycles. The van der Waals surface area contributed by atoms with Crippen molar-refractivity contribution < 1.29 is 17.9 Å². The molecule has 1 aromatic heterocycles. The lowest BCUT2D eigenvalue weighted by Gasteiger charge is -2.25. The quantitative estimate of drug-likeness (QED) is 0.318. The maximum atomic E-state index is 13.4. The Bertz CT molecular complexity index is 1450. The Morgan fingerprint density at radius 2 is 1.71 bits per heavy atom. The first-order valence-electron chi connectivity index (χ1n) is 10.1. The first-order valence-corrected chi connectivity index (χ1v) is 13.1. The highest BCUT2D eigenvalue weighted by Crippen LogP contribution is 2.35. The van der Waals surface area contributed by atoms with Crippen molar-refractivity contribution in [3.8, 4) is 16.3 Å². The van der Waals surface area contributed by atoms with Crippen molar-refractivity contribution in [2.75, 3.05) is 23.3 Å². The van der Waals surface area contributed by atoms with E-state index in [-0.39, 0.29) is 25.8 Å². The lowest BCUT2D eigenvalue weighted by Crippen LogP contribution is -2.38. The van der Waals surface area contributed by atoms with Gasteiger partial charge in [0.15, 0.2) is 0 Å². The number of sulfonamides is 1. The summed E-state index contributed by atoms with van der Waals surface area (Å²) in [5.41, 5.74) is 0.872. The summed E-state index contributed by atoms with van der Waals surface area (Å²) in [6.45, 7) is -0.561. The van der Waals surface area contributed by atoms with E-state index in [1.54, 1.807) is 43.5 Å². The molecule has 1 N–H and O–H groups in total. The van der Waals surface area contributed by atoms with Gasteiger partial charge in [0.2, 0.25) is 11.0 Å². The number of halogens is 2. The molecule has 0 spiro atoms.